The van der Waals surface area contributed by atoms with E-state index < -0.39 is 12.0 Å². The Morgan fingerprint density at radius 3 is 2.85 bits per heavy atom. The minimum absolute atomic E-state index is 0.213. The van der Waals surface area contributed by atoms with Crippen LogP contribution in [0.1, 0.15) is 26.2 Å². The molecule has 0 saturated carbocycles. The standard InChI is InChI=1S/C9H15F2NO/c1-9(12,8(10)11)5-7-3-2-4-13-6-7/h6,8H,2-5,12H2,1H3. The molecule has 4 heteroatoms. The fourth-order valence-electron chi connectivity index (χ4n) is 1.31. The molecule has 0 aliphatic carbocycles. The van der Waals surface area contributed by atoms with Crippen molar-refractivity contribution in [3.63, 3.8) is 0 Å². The van der Waals surface area contributed by atoms with Crippen LogP contribution in [0.4, 0.5) is 8.78 Å². The van der Waals surface area contributed by atoms with E-state index in [4.69, 9.17) is 10.5 Å². The fraction of sp³-hybridized carbons (Fsp3) is 0.778. The van der Waals surface area contributed by atoms with Gasteiger partial charge in [-0.15, -0.1) is 0 Å². The molecule has 0 fully saturated rings. The van der Waals surface area contributed by atoms with Gasteiger partial charge in [0.25, 0.3) is 6.43 Å². The SMILES string of the molecule is CC(N)(CC1=COCCC1)C(F)F. The summed E-state index contributed by atoms with van der Waals surface area (Å²) in [7, 11) is 0. The number of hydrogen-bond donors (Lipinski definition) is 1. The Hall–Kier alpha value is -0.640. The Labute approximate surface area is 76.7 Å². The molecule has 0 radical (unpaired) electrons. The van der Waals surface area contributed by atoms with Crippen LogP contribution in [0.2, 0.25) is 0 Å². The van der Waals surface area contributed by atoms with E-state index >= 15 is 0 Å². The zero-order chi connectivity index (χ0) is 9.90. The molecule has 0 spiro atoms. The van der Waals surface area contributed by atoms with Gasteiger partial charge in [0.15, 0.2) is 0 Å². The van der Waals surface area contributed by atoms with Gasteiger partial charge in [-0.1, -0.05) is 0 Å². The van der Waals surface area contributed by atoms with Crippen LogP contribution in [0.15, 0.2) is 11.8 Å². The van der Waals surface area contributed by atoms with Crippen LogP contribution < -0.4 is 5.73 Å². The minimum atomic E-state index is -2.49. The van der Waals surface area contributed by atoms with Gasteiger partial charge in [-0.2, -0.15) is 0 Å². The van der Waals surface area contributed by atoms with Gasteiger partial charge in [-0.3, -0.25) is 0 Å². The molecular weight excluding hydrogens is 176 g/mol. The lowest BCUT2D eigenvalue weighted by molar-refractivity contribution is 0.0620. The van der Waals surface area contributed by atoms with Gasteiger partial charge in [-0.05, 0) is 31.8 Å². The summed E-state index contributed by atoms with van der Waals surface area (Å²) in [6.45, 7) is 2.05. The predicted molar refractivity (Wildman–Crippen MR) is 46.5 cm³/mol. The van der Waals surface area contributed by atoms with Gasteiger partial charge in [0.1, 0.15) is 0 Å². The molecule has 0 saturated heterocycles. The average molecular weight is 191 g/mol. The molecule has 2 nitrogen and oxygen atoms in total. The molecule has 1 aliphatic heterocycles. The second-order valence-electron chi connectivity index (χ2n) is 3.73. The lowest BCUT2D eigenvalue weighted by Gasteiger charge is -2.26. The van der Waals surface area contributed by atoms with Crippen molar-refractivity contribution in [1.29, 1.82) is 0 Å². The van der Waals surface area contributed by atoms with Crippen LogP contribution in [0.5, 0.6) is 0 Å². The fourth-order valence-corrected chi connectivity index (χ4v) is 1.31. The zero-order valence-electron chi connectivity index (χ0n) is 7.72. The van der Waals surface area contributed by atoms with Crippen molar-refractivity contribution in [2.24, 2.45) is 5.73 Å². The summed E-state index contributed by atoms with van der Waals surface area (Å²) in [5, 5.41) is 0. The van der Waals surface area contributed by atoms with Crippen LogP contribution in [-0.4, -0.2) is 18.6 Å². The summed E-state index contributed by atoms with van der Waals surface area (Å²) in [4.78, 5) is 0. The van der Waals surface area contributed by atoms with Crippen molar-refractivity contribution >= 4 is 0 Å². The van der Waals surface area contributed by atoms with Gasteiger partial charge >= 0.3 is 0 Å². The molecule has 1 aliphatic rings. The van der Waals surface area contributed by atoms with Gasteiger partial charge in [-0.25, -0.2) is 8.78 Å². The van der Waals surface area contributed by atoms with Crippen LogP contribution in [0.25, 0.3) is 0 Å². The third-order valence-corrected chi connectivity index (χ3v) is 2.12. The van der Waals surface area contributed by atoms with E-state index in [0.29, 0.717) is 6.61 Å². The van der Waals surface area contributed by atoms with Crippen molar-refractivity contribution in [2.75, 3.05) is 6.61 Å². The molecule has 1 heterocycles. The first-order valence-electron chi connectivity index (χ1n) is 4.39. The number of hydrogen-bond acceptors (Lipinski definition) is 2. The average Bonchev–Trinajstić information content (AvgIpc) is 2.05. The maximum atomic E-state index is 12.4. The third-order valence-electron chi connectivity index (χ3n) is 2.12. The smallest absolute Gasteiger partial charge is 0.256 e. The van der Waals surface area contributed by atoms with E-state index in [0.717, 1.165) is 18.4 Å². The Morgan fingerprint density at radius 2 is 2.38 bits per heavy atom. The highest BCUT2D eigenvalue weighted by Crippen LogP contribution is 2.25. The highest BCUT2D eigenvalue weighted by Gasteiger charge is 2.31. The van der Waals surface area contributed by atoms with Crippen molar-refractivity contribution in [3.05, 3.63) is 11.8 Å². The molecule has 0 bridgehead atoms. The van der Waals surface area contributed by atoms with Crippen molar-refractivity contribution in [3.8, 4) is 0 Å². The van der Waals surface area contributed by atoms with E-state index in [1.807, 2.05) is 0 Å². The second-order valence-corrected chi connectivity index (χ2v) is 3.73. The van der Waals surface area contributed by atoms with E-state index in [9.17, 15) is 8.78 Å². The van der Waals surface area contributed by atoms with E-state index in [1.54, 1.807) is 6.26 Å². The second kappa shape index (κ2) is 4.05. The number of nitrogens with two attached hydrogens (primary N) is 1. The molecule has 1 unspecified atom stereocenters. The summed E-state index contributed by atoms with van der Waals surface area (Å²) >= 11 is 0. The molecule has 0 aromatic rings. The van der Waals surface area contributed by atoms with Gasteiger partial charge in [0.2, 0.25) is 0 Å². The summed E-state index contributed by atoms with van der Waals surface area (Å²) < 4.78 is 29.8. The highest BCUT2D eigenvalue weighted by atomic mass is 19.3. The molecule has 0 aromatic carbocycles. The van der Waals surface area contributed by atoms with Gasteiger partial charge in [0, 0.05) is 0 Å². The largest absolute Gasteiger partial charge is 0.501 e. The minimum Gasteiger partial charge on any atom is -0.501 e. The zero-order valence-corrected chi connectivity index (χ0v) is 7.72. The number of alkyl halides is 2. The monoisotopic (exact) mass is 191 g/mol. The summed E-state index contributed by atoms with van der Waals surface area (Å²) in [5.41, 5.74) is 4.91. The lowest BCUT2D eigenvalue weighted by Crippen LogP contribution is -2.44. The third kappa shape index (κ3) is 2.95. The van der Waals surface area contributed by atoms with E-state index in [2.05, 4.69) is 0 Å². The Balaban J connectivity index is 2.51. The first-order chi connectivity index (χ1) is 6.02. The summed E-state index contributed by atoms with van der Waals surface area (Å²) in [5.74, 6) is 0. The molecular formula is C9H15F2NO. The topological polar surface area (TPSA) is 35.2 Å². The molecule has 13 heavy (non-hydrogen) atoms. The maximum absolute atomic E-state index is 12.4. The van der Waals surface area contributed by atoms with E-state index in [-0.39, 0.29) is 6.42 Å². The maximum Gasteiger partial charge on any atom is 0.256 e. The highest BCUT2D eigenvalue weighted by molar-refractivity contribution is 5.06. The number of ether oxygens (including phenoxy) is 1. The summed E-state index contributed by atoms with van der Waals surface area (Å²) in [6, 6.07) is 0. The molecule has 0 aromatic heterocycles. The molecule has 1 atom stereocenters. The Kier molecular flexibility index (Phi) is 3.25. The quantitative estimate of drug-likeness (QED) is 0.741. The van der Waals surface area contributed by atoms with E-state index in [1.165, 1.54) is 6.92 Å². The predicted octanol–water partition coefficient (Wildman–Crippen LogP) is 2.05. The normalized spacial score (nSPS) is 22.1. The number of halogens is 2. The molecule has 1 rings (SSSR count). The first kappa shape index (κ1) is 10.4. The number of rotatable bonds is 3. The molecule has 0 amide bonds. The summed E-state index contributed by atoms with van der Waals surface area (Å²) in [6.07, 6.45) is 1.00. The Bertz CT molecular complexity index is 202. The van der Waals surface area contributed by atoms with Gasteiger partial charge < -0.3 is 10.5 Å². The van der Waals surface area contributed by atoms with Crippen LogP contribution in [0, 0.1) is 0 Å². The van der Waals surface area contributed by atoms with Crippen molar-refractivity contribution in [2.45, 2.75) is 38.2 Å². The molecule has 2 N–H and O–H groups in total. The van der Waals surface area contributed by atoms with Crippen molar-refractivity contribution in [1.82, 2.24) is 0 Å². The van der Waals surface area contributed by atoms with Crippen molar-refractivity contribution < 1.29 is 13.5 Å². The molecule has 76 valence electrons. The first-order valence-corrected chi connectivity index (χ1v) is 4.39. The van der Waals surface area contributed by atoms with Crippen LogP contribution >= 0.6 is 0 Å². The Morgan fingerprint density at radius 1 is 1.69 bits per heavy atom. The van der Waals surface area contributed by atoms with Crippen LogP contribution in [-0.2, 0) is 4.74 Å². The van der Waals surface area contributed by atoms with Crippen LogP contribution in [0.3, 0.4) is 0 Å². The lowest BCUT2D eigenvalue weighted by atomic mass is 9.92. The van der Waals surface area contributed by atoms with Gasteiger partial charge in [0.05, 0.1) is 18.4 Å².